The molecule has 0 unspecified atom stereocenters. The van der Waals surface area contributed by atoms with Gasteiger partial charge in [0.15, 0.2) is 0 Å². The smallest absolute Gasteiger partial charge is 0.339 e. The first-order chi connectivity index (χ1) is 13.9. The predicted octanol–water partition coefficient (Wildman–Crippen LogP) is 3.34. The summed E-state index contributed by atoms with van der Waals surface area (Å²) in [5, 5.41) is 14.7. The number of amides is 2. The highest BCUT2D eigenvalue weighted by molar-refractivity contribution is 9.10. The van der Waals surface area contributed by atoms with Crippen LogP contribution in [0.2, 0.25) is 0 Å². The Kier molecular flexibility index (Phi) is 6.33. The first-order valence-electron chi connectivity index (χ1n) is 8.99. The predicted molar refractivity (Wildman–Crippen MR) is 111 cm³/mol. The zero-order chi connectivity index (χ0) is 21.0. The van der Waals surface area contributed by atoms with Gasteiger partial charge in [0.05, 0.1) is 12.2 Å². The molecule has 0 fully saturated rings. The average molecular weight is 459 g/mol. The lowest BCUT2D eigenvalue weighted by molar-refractivity contribution is -0.114. The molecule has 0 atom stereocenters. The molecule has 2 aromatic carbocycles. The number of carboxylic acid groups (broad SMARTS) is 1. The van der Waals surface area contributed by atoms with Crippen molar-refractivity contribution in [2.75, 3.05) is 6.61 Å². The number of hydrogen-bond donors (Lipinski definition) is 3. The van der Waals surface area contributed by atoms with E-state index in [0.29, 0.717) is 41.2 Å². The first kappa shape index (κ1) is 20.6. The summed E-state index contributed by atoms with van der Waals surface area (Å²) in [7, 11) is 0. The van der Waals surface area contributed by atoms with E-state index in [4.69, 9.17) is 4.74 Å². The second kappa shape index (κ2) is 8.91. The Morgan fingerprint density at radius 1 is 1.17 bits per heavy atom. The number of hydrogen-bond acceptors (Lipinski definition) is 5. The zero-order valence-corrected chi connectivity index (χ0v) is 17.2. The lowest BCUT2D eigenvalue weighted by atomic mass is 9.95. The molecule has 0 saturated heterocycles. The fraction of sp³-hybridized carbons (Fsp3) is 0.190. The average Bonchev–Trinajstić information content (AvgIpc) is 2.68. The van der Waals surface area contributed by atoms with Crippen LogP contribution in [0.5, 0.6) is 5.75 Å². The third-order valence-corrected chi connectivity index (χ3v) is 4.77. The topological polar surface area (TPSA) is 105 Å². The summed E-state index contributed by atoms with van der Waals surface area (Å²) in [5.41, 5.74) is 2.05. The normalized spacial score (nSPS) is 14.3. The van der Waals surface area contributed by atoms with Gasteiger partial charge < -0.3 is 15.2 Å². The SMILES string of the molecule is CCCOc1ccc(CN/C=C2\C(=O)NC(=O)c3ccc(Br)cc32)cc1C(=O)O. The molecule has 0 spiro atoms. The number of rotatable bonds is 7. The van der Waals surface area contributed by atoms with Gasteiger partial charge in [-0.1, -0.05) is 28.9 Å². The van der Waals surface area contributed by atoms with E-state index in [-0.39, 0.29) is 5.56 Å². The van der Waals surface area contributed by atoms with Crippen LogP contribution in [0, 0.1) is 0 Å². The molecular formula is C21H19BrN2O5. The number of ether oxygens (including phenoxy) is 1. The number of imide groups is 1. The standard InChI is InChI=1S/C21H19BrN2O5/c1-2-7-29-18-6-3-12(8-16(18)21(27)28)10-23-11-17-15-9-13(22)4-5-14(15)19(25)24-20(17)26/h3-6,8-9,11,23H,2,7,10H2,1H3,(H,27,28)(H,24,25,26)/b17-11-. The Labute approximate surface area is 175 Å². The van der Waals surface area contributed by atoms with Crippen molar-refractivity contribution in [2.24, 2.45) is 0 Å². The fourth-order valence-corrected chi connectivity index (χ4v) is 3.26. The van der Waals surface area contributed by atoms with Crippen molar-refractivity contribution >= 4 is 39.3 Å². The minimum Gasteiger partial charge on any atom is -0.493 e. The minimum atomic E-state index is -1.07. The van der Waals surface area contributed by atoms with Gasteiger partial charge in [-0.25, -0.2) is 4.79 Å². The van der Waals surface area contributed by atoms with E-state index < -0.39 is 17.8 Å². The Hall–Kier alpha value is -3.13. The quantitative estimate of drug-likeness (QED) is 0.434. The number of carboxylic acids is 1. The first-order valence-corrected chi connectivity index (χ1v) is 9.78. The highest BCUT2D eigenvalue weighted by Gasteiger charge is 2.27. The van der Waals surface area contributed by atoms with Gasteiger partial charge in [0.1, 0.15) is 11.3 Å². The molecule has 0 aromatic heterocycles. The highest BCUT2D eigenvalue weighted by Crippen LogP contribution is 2.27. The molecule has 29 heavy (non-hydrogen) atoms. The molecule has 7 nitrogen and oxygen atoms in total. The summed E-state index contributed by atoms with van der Waals surface area (Å²) in [4.78, 5) is 35.8. The van der Waals surface area contributed by atoms with Gasteiger partial charge in [0.25, 0.3) is 11.8 Å². The van der Waals surface area contributed by atoms with Crippen LogP contribution in [0.1, 0.15) is 45.2 Å². The number of aromatic carboxylic acids is 1. The van der Waals surface area contributed by atoms with E-state index in [1.807, 2.05) is 6.92 Å². The summed E-state index contributed by atoms with van der Waals surface area (Å²) in [6, 6.07) is 10.0. The Balaban J connectivity index is 1.81. The van der Waals surface area contributed by atoms with Crippen LogP contribution in [-0.2, 0) is 11.3 Å². The van der Waals surface area contributed by atoms with Crippen LogP contribution in [0.4, 0.5) is 0 Å². The van der Waals surface area contributed by atoms with Crippen molar-refractivity contribution in [1.82, 2.24) is 10.6 Å². The zero-order valence-electron chi connectivity index (χ0n) is 15.6. The number of carbonyl (C=O) groups excluding carboxylic acids is 2. The summed E-state index contributed by atoms with van der Waals surface area (Å²) >= 11 is 3.35. The summed E-state index contributed by atoms with van der Waals surface area (Å²) < 4.78 is 6.22. The van der Waals surface area contributed by atoms with Crippen LogP contribution in [0.15, 0.2) is 47.1 Å². The van der Waals surface area contributed by atoms with Crippen molar-refractivity contribution < 1.29 is 24.2 Å². The second-order valence-electron chi connectivity index (χ2n) is 6.40. The maximum absolute atomic E-state index is 12.3. The Bertz CT molecular complexity index is 1020. The molecular weight excluding hydrogens is 440 g/mol. The Morgan fingerprint density at radius 3 is 2.69 bits per heavy atom. The molecule has 3 N–H and O–H groups in total. The van der Waals surface area contributed by atoms with Crippen molar-refractivity contribution in [3.63, 3.8) is 0 Å². The lowest BCUT2D eigenvalue weighted by Gasteiger charge is -2.18. The molecule has 8 heteroatoms. The largest absolute Gasteiger partial charge is 0.493 e. The molecule has 2 amide bonds. The molecule has 0 aliphatic carbocycles. The minimum absolute atomic E-state index is 0.0840. The van der Waals surface area contributed by atoms with Crippen LogP contribution < -0.4 is 15.4 Å². The molecule has 1 aliphatic heterocycles. The van der Waals surface area contributed by atoms with E-state index in [1.165, 1.54) is 12.3 Å². The molecule has 3 rings (SSSR count). The van der Waals surface area contributed by atoms with Gasteiger partial charge in [0, 0.05) is 28.3 Å². The maximum atomic E-state index is 12.3. The molecule has 1 aliphatic rings. The highest BCUT2D eigenvalue weighted by atomic mass is 79.9. The number of halogens is 1. The van der Waals surface area contributed by atoms with Gasteiger partial charge >= 0.3 is 5.97 Å². The van der Waals surface area contributed by atoms with Crippen LogP contribution in [0.3, 0.4) is 0 Å². The van der Waals surface area contributed by atoms with Crippen LogP contribution in [-0.4, -0.2) is 29.5 Å². The third-order valence-electron chi connectivity index (χ3n) is 4.28. The van der Waals surface area contributed by atoms with Crippen molar-refractivity contribution in [3.05, 3.63) is 69.3 Å². The summed E-state index contributed by atoms with van der Waals surface area (Å²) in [6.07, 6.45) is 2.30. The molecule has 0 bridgehead atoms. The number of fused-ring (bicyclic) bond motifs is 1. The van der Waals surface area contributed by atoms with Gasteiger partial charge in [0.2, 0.25) is 0 Å². The van der Waals surface area contributed by atoms with E-state index >= 15 is 0 Å². The summed E-state index contributed by atoms with van der Waals surface area (Å²) in [6.45, 7) is 2.67. The van der Waals surface area contributed by atoms with Crippen molar-refractivity contribution in [1.29, 1.82) is 0 Å². The number of benzene rings is 2. The van der Waals surface area contributed by atoms with E-state index in [2.05, 4.69) is 26.6 Å². The van der Waals surface area contributed by atoms with Crippen molar-refractivity contribution in [3.8, 4) is 5.75 Å². The number of nitrogens with one attached hydrogen (secondary N) is 2. The van der Waals surface area contributed by atoms with Gasteiger partial charge in [-0.05, 0) is 42.3 Å². The van der Waals surface area contributed by atoms with Gasteiger partial charge in [-0.15, -0.1) is 0 Å². The monoisotopic (exact) mass is 458 g/mol. The summed E-state index contributed by atoms with van der Waals surface area (Å²) in [5.74, 6) is -1.68. The molecule has 0 radical (unpaired) electrons. The van der Waals surface area contributed by atoms with E-state index in [0.717, 1.165) is 10.9 Å². The van der Waals surface area contributed by atoms with Gasteiger partial charge in [-0.2, -0.15) is 0 Å². The second-order valence-corrected chi connectivity index (χ2v) is 7.31. The third kappa shape index (κ3) is 4.65. The molecule has 150 valence electrons. The van der Waals surface area contributed by atoms with Crippen molar-refractivity contribution in [2.45, 2.75) is 19.9 Å². The van der Waals surface area contributed by atoms with Crippen LogP contribution >= 0.6 is 15.9 Å². The maximum Gasteiger partial charge on any atom is 0.339 e. The molecule has 0 saturated carbocycles. The van der Waals surface area contributed by atoms with Gasteiger partial charge in [-0.3, -0.25) is 14.9 Å². The molecule has 2 aromatic rings. The molecule has 1 heterocycles. The van der Waals surface area contributed by atoms with E-state index in [9.17, 15) is 19.5 Å². The number of carbonyl (C=O) groups is 3. The fourth-order valence-electron chi connectivity index (χ4n) is 2.90. The lowest BCUT2D eigenvalue weighted by Crippen LogP contribution is -2.37. The van der Waals surface area contributed by atoms with E-state index in [1.54, 1.807) is 30.3 Å². The Morgan fingerprint density at radius 2 is 1.97 bits per heavy atom. The van der Waals surface area contributed by atoms with Crippen LogP contribution in [0.25, 0.3) is 5.57 Å².